The van der Waals surface area contributed by atoms with Crippen LogP contribution in [0.3, 0.4) is 0 Å². The molecule has 2 heterocycles. The van der Waals surface area contributed by atoms with Gasteiger partial charge in [-0.1, -0.05) is 0 Å². The first-order valence-corrected chi connectivity index (χ1v) is 6.20. The lowest BCUT2D eigenvalue weighted by Crippen LogP contribution is -2.41. The lowest BCUT2D eigenvalue weighted by atomic mass is 9.80. The van der Waals surface area contributed by atoms with Gasteiger partial charge in [-0.15, -0.1) is 0 Å². The minimum absolute atomic E-state index is 0.194. The maximum Gasteiger partial charge on any atom is 0.500 e. The first-order valence-electron chi connectivity index (χ1n) is 5.83. The highest BCUT2D eigenvalue weighted by molar-refractivity contribution is 6.63. The van der Waals surface area contributed by atoms with Gasteiger partial charge in [0, 0.05) is 18.7 Å². The molecule has 0 saturated carbocycles. The molecule has 7 heteroatoms. The van der Waals surface area contributed by atoms with Crippen LogP contribution in [0.25, 0.3) is 0 Å². The summed E-state index contributed by atoms with van der Waals surface area (Å²) in [5.74, 6) is 0.619. The van der Waals surface area contributed by atoms with Gasteiger partial charge in [-0.25, -0.2) is 9.97 Å². The molecule has 1 N–H and O–H groups in total. The number of anilines is 1. The molecule has 0 aromatic carbocycles. The van der Waals surface area contributed by atoms with E-state index in [0.29, 0.717) is 5.82 Å². The van der Waals surface area contributed by atoms with Crippen LogP contribution in [-0.4, -0.2) is 35.3 Å². The fourth-order valence-corrected chi connectivity index (χ4v) is 1.85. The van der Waals surface area contributed by atoms with Gasteiger partial charge in [-0.05, 0) is 39.3 Å². The van der Waals surface area contributed by atoms with Crippen molar-refractivity contribution < 1.29 is 9.31 Å². The molecule has 18 heavy (non-hydrogen) atoms. The quantitative estimate of drug-likeness (QED) is 0.651. The summed E-state index contributed by atoms with van der Waals surface area (Å²) < 4.78 is 11.9. The van der Waals surface area contributed by atoms with E-state index in [-0.39, 0.29) is 16.5 Å². The van der Waals surface area contributed by atoms with Crippen molar-refractivity contribution in [1.82, 2.24) is 9.97 Å². The van der Waals surface area contributed by atoms with E-state index in [0.717, 1.165) is 5.46 Å². The molecule has 0 atom stereocenters. The SMILES string of the molecule is CNc1nc(Cl)ncc1B1OC(C)(C)C(C)(C)O1. The Kier molecular flexibility index (Phi) is 3.29. The second kappa shape index (κ2) is 4.37. The van der Waals surface area contributed by atoms with Gasteiger partial charge in [0.25, 0.3) is 0 Å². The molecular formula is C11H17BClN3O2. The third-order valence-corrected chi connectivity index (χ3v) is 3.71. The van der Waals surface area contributed by atoms with E-state index in [4.69, 9.17) is 20.9 Å². The number of nitrogens with zero attached hydrogens (tertiary/aromatic N) is 2. The number of halogens is 1. The molecule has 0 unspecified atom stereocenters. The lowest BCUT2D eigenvalue weighted by molar-refractivity contribution is 0.00578. The Balaban J connectivity index is 2.35. The average molecular weight is 270 g/mol. The zero-order valence-electron chi connectivity index (χ0n) is 11.2. The van der Waals surface area contributed by atoms with Gasteiger partial charge >= 0.3 is 7.12 Å². The molecule has 1 aliphatic heterocycles. The minimum atomic E-state index is -0.491. The Bertz CT molecular complexity index is 452. The van der Waals surface area contributed by atoms with Crippen LogP contribution in [0, 0.1) is 0 Å². The maximum atomic E-state index is 5.95. The van der Waals surface area contributed by atoms with Gasteiger partial charge < -0.3 is 14.6 Å². The Labute approximate surface area is 112 Å². The van der Waals surface area contributed by atoms with Crippen LogP contribution in [0.5, 0.6) is 0 Å². The molecule has 98 valence electrons. The highest BCUT2D eigenvalue weighted by Crippen LogP contribution is 2.36. The van der Waals surface area contributed by atoms with Crippen molar-refractivity contribution in [2.24, 2.45) is 0 Å². The monoisotopic (exact) mass is 269 g/mol. The Morgan fingerprint density at radius 2 is 1.78 bits per heavy atom. The third-order valence-electron chi connectivity index (χ3n) is 3.53. The van der Waals surface area contributed by atoms with E-state index in [1.807, 2.05) is 27.7 Å². The number of rotatable bonds is 2. The van der Waals surface area contributed by atoms with Crippen molar-refractivity contribution in [2.45, 2.75) is 38.9 Å². The van der Waals surface area contributed by atoms with Crippen LogP contribution in [0.4, 0.5) is 5.82 Å². The summed E-state index contributed by atoms with van der Waals surface area (Å²) in [5.41, 5.74) is -0.0227. The smallest absolute Gasteiger partial charge is 0.399 e. The molecule has 0 bridgehead atoms. The van der Waals surface area contributed by atoms with Crippen LogP contribution >= 0.6 is 11.6 Å². The van der Waals surface area contributed by atoms with Gasteiger partial charge in [-0.3, -0.25) is 0 Å². The van der Waals surface area contributed by atoms with Crippen LogP contribution in [-0.2, 0) is 9.31 Å². The average Bonchev–Trinajstić information content (AvgIpc) is 2.47. The molecule has 1 aliphatic rings. The number of hydrogen-bond acceptors (Lipinski definition) is 5. The van der Waals surface area contributed by atoms with Gasteiger partial charge in [0.1, 0.15) is 5.82 Å². The van der Waals surface area contributed by atoms with Gasteiger partial charge in [-0.2, -0.15) is 0 Å². The zero-order valence-corrected chi connectivity index (χ0v) is 12.0. The van der Waals surface area contributed by atoms with E-state index in [2.05, 4.69) is 15.3 Å². The van der Waals surface area contributed by atoms with Crippen molar-refractivity contribution in [1.29, 1.82) is 0 Å². The van der Waals surface area contributed by atoms with Crippen molar-refractivity contribution in [3.05, 3.63) is 11.5 Å². The van der Waals surface area contributed by atoms with E-state index in [1.165, 1.54) is 0 Å². The molecule has 2 rings (SSSR count). The summed E-state index contributed by atoms with van der Waals surface area (Å²) >= 11 is 5.77. The van der Waals surface area contributed by atoms with Crippen LogP contribution in [0.2, 0.25) is 5.28 Å². The summed E-state index contributed by atoms with van der Waals surface area (Å²) in [6.07, 6.45) is 1.63. The first kappa shape index (κ1) is 13.6. The number of aromatic nitrogens is 2. The molecule has 1 fully saturated rings. The van der Waals surface area contributed by atoms with E-state index < -0.39 is 7.12 Å². The minimum Gasteiger partial charge on any atom is -0.399 e. The lowest BCUT2D eigenvalue weighted by Gasteiger charge is -2.32. The summed E-state index contributed by atoms with van der Waals surface area (Å²) in [4.78, 5) is 8.10. The van der Waals surface area contributed by atoms with Crippen molar-refractivity contribution >= 4 is 30.0 Å². The third kappa shape index (κ3) is 2.20. The molecule has 0 spiro atoms. The molecule has 1 aromatic heterocycles. The Morgan fingerprint density at radius 3 is 2.28 bits per heavy atom. The number of nitrogens with one attached hydrogen (secondary N) is 1. The molecule has 0 aliphatic carbocycles. The largest absolute Gasteiger partial charge is 0.500 e. The topological polar surface area (TPSA) is 56.3 Å². The van der Waals surface area contributed by atoms with Crippen molar-refractivity contribution in [3.8, 4) is 0 Å². The second-order valence-corrected chi connectivity index (χ2v) is 5.62. The molecule has 1 saturated heterocycles. The summed E-state index contributed by atoms with van der Waals surface area (Å²) in [6, 6.07) is 0. The van der Waals surface area contributed by atoms with E-state index in [9.17, 15) is 0 Å². The summed E-state index contributed by atoms with van der Waals surface area (Å²) in [5, 5.41) is 3.17. The molecule has 0 radical (unpaired) electrons. The predicted octanol–water partition coefficient (Wildman–Crippen LogP) is 1.47. The standard InChI is InChI=1S/C11H17BClN3O2/c1-10(2)11(3,4)18-12(17-10)7-6-15-9(13)16-8(7)14-5/h6H,1-5H3,(H,14,15,16). The van der Waals surface area contributed by atoms with Crippen LogP contribution in [0.15, 0.2) is 6.20 Å². The number of hydrogen-bond donors (Lipinski definition) is 1. The fourth-order valence-electron chi connectivity index (χ4n) is 1.71. The fraction of sp³-hybridized carbons (Fsp3) is 0.636. The normalized spacial score (nSPS) is 21.1. The van der Waals surface area contributed by atoms with Gasteiger partial charge in [0.15, 0.2) is 0 Å². The summed E-state index contributed by atoms with van der Waals surface area (Å²) in [6.45, 7) is 8.01. The van der Waals surface area contributed by atoms with Gasteiger partial charge in [0.2, 0.25) is 5.28 Å². The van der Waals surface area contributed by atoms with Crippen molar-refractivity contribution in [2.75, 3.05) is 12.4 Å². The van der Waals surface area contributed by atoms with Gasteiger partial charge in [0.05, 0.1) is 11.2 Å². The zero-order chi connectivity index (χ0) is 13.6. The molecular weight excluding hydrogens is 252 g/mol. The highest BCUT2D eigenvalue weighted by atomic mass is 35.5. The summed E-state index contributed by atoms with van der Waals surface area (Å²) in [7, 11) is 1.28. The first-order chi connectivity index (χ1) is 8.27. The van der Waals surface area contributed by atoms with Crippen LogP contribution in [0.1, 0.15) is 27.7 Å². The highest BCUT2D eigenvalue weighted by Gasteiger charge is 2.52. The Hall–Kier alpha value is -0.845. The second-order valence-electron chi connectivity index (χ2n) is 5.28. The molecule has 0 amide bonds. The van der Waals surface area contributed by atoms with E-state index >= 15 is 0 Å². The van der Waals surface area contributed by atoms with E-state index in [1.54, 1.807) is 13.2 Å². The maximum absolute atomic E-state index is 5.95. The molecule has 1 aromatic rings. The molecule has 5 nitrogen and oxygen atoms in total. The predicted molar refractivity (Wildman–Crippen MR) is 72.3 cm³/mol. The van der Waals surface area contributed by atoms with Crippen LogP contribution < -0.4 is 10.8 Å². The Morgan fingerprint density at radius 1 is 1.22 bits per heavy atom. The van der Waals surface area contributed by atoms with Crippen molar-refractivity contribution in [3.63, 3.8) is 0 Å².